The number of hydrogen-bond acceptors (Lipinski definition) is 3. The molecule has 1 aromatic carbocycles. The minimum Gasteiger partial charge on any atom is -0.373 e. The zero-order chi connectivity index (χ0) is 16.8. The van der Waals surface area contributed by atoms with Gasteiger partial charge in [-0.3, -0.25) is 0 Å². The van der Waals surface area contributed by atoms with Gasteiger partial charge in [0.15, 0.2) is 5.79 Å². The van der Waals surface area contributed by atoms with Crippen LogP contribution in [0.2, 0.25) is 0 Å². The first-order valence-electron chi connectivity index (χ1n) is 9.43. The summed E-state index contributed by atoms with van der Waals surface area (Å²) >= 11 is 0. The molecule has 2 saturated heterocycles. The molecule has 2 aliphatic heterocycles. The van der Waals surface area contributed by atoms with Gasteiger partial charge in [-0.1, -0.05) is 51.1 Å². The Labute approximate surface area is 145 Å². The Hall–Kier alpha value is -0.900. The van der Waals surface area contributed by atoms with Crippen molar-refractivity contribution in [2.75, 3.05) is 13.2 Å². The van der Waals surface area contributed by atoms with Crippen molar-refractivity contribution in [2.24, 2.45) is 10.8 Å². The van der Waals surface area contributed by atoms with Crippen LogP contribution in [0, 0.1) is 10.8 Å². The molecule has 1 aromatic rings. The van der Waals surface area contributed by atoms with Gasteiger partial charge in [-0.25, -0.2) is 0 Å². The summed E-state index contributed by atoms with van der Waals surface area (Å²) in [6, 6.07) is 10.7. The molecule has 0 unspecified atom stereocenters. The van der Waals surface area contributed by atoms with Gasteiger partial charge >= 0.3 is 0 Å². The van der Waals surface area contributed by atoms with Gasteiger partial charge in [0.2, 0.25) is 0 Å². The highest BCUT2D eigenvalue weighted by atomic mass is 16.7. The standard InChI is InChI=1S/C21H30O3/c1-19(2)18-20(3,11-12-21(19)22-13-14-23-21)10-9-17(24-18)15-16-7-5-4-6-8-16/h4-8,17-18H,9-15H2,1-3H3/t17-,18-,20-/m0/s1. The smallest absolute Gasteiger partial charge is 0.176 e. The molecular formula is C21H30O3. The Morgan fingerprint density at radius 1 is 0.958 bits per heavy atom. The van der Waals surface area contributed by atoms with E-state index in [1.54, 1.807) is 0 Å². The highest BCUT2D eigenvalue weighted by Crippen LogP contribution is 2.59. The Balaban J connectivity index is 1.56. The molecule has 4 rings (SSSR count). The van der Waals surface area contributed by atoms with Crippen LogP contribution in [0.3, 0.4) is 0 Å². The summed E-state index contributed by atoms with van der Waals surface area (Å²) in [5.74, 6) is -0.453. The van der Waals surface area contributed by atoms with Crippen LogP contribution in [0.5, 0.6) is 0 Å². The fourth-order valence-corrected chi connectivity index (χ4v) is 5.31. The topological polar surface area (TPSA) is 27.7 Å². The average molecular weight is 330 g/mol. The summed E-state index contributed by atoms with van der Waals surface area (Å²) in [5.41, 5.74) is 1.46. The van der Waals surface area contributed by atoms with Gasteiger partial charge in [0, 0.05) is 11.8 Å². The van der Waals surface area contributed by atoms with Crippen molar-refractivity contribution in [3.05, 3.63) is 35.9 Å². The molecule has 0 radical (unpaired) electrons. The van der Waals surface area contributed by atoms with E-state index in [0.717, 1.165) is 25.7 Å². The predicted molar refractivity (Wildman–Crippen MR) is 93.8 cm³/mol. The Morgan fingerprint density at radius 3 is 2.38 bits per heavy atom. The molecule has 3 heteroatoms. The molecule has 1 saturated carbocycles. The fourth-order valence-electron chi connectivity index (χ4n) is 5.31. The largest absolute Gasteiger partial charge is 0.373 e. The molecule has 132 valence electrons. The van der Waals surface area contributed by atoms with E-state index in [4.69, 9.17) is 14.2 Å². The van der Waals surface area contributed by atoms with E-state index in [9.17, 15) is 0 Å². The molecule has 0 amide bonds. The summed E-state index contributed by atoms with van der Waals surface area (Å²) in [7, 11) is 0. The van der Waals surface area contributed by atoms with Crippen molar-refractivity contribution < 1.29 is 14.2 Å². The normalized spacial score (nSPS) is 37.3. The molecule has 3 nitrogen and oxygen atoms in total. The maximum Gasteiger partial charge on any atom is 0.176 e. The fraction of sp³-hybridized carbons (Fsp3) is 0.714. The predicted octanol–water partition coefficient (Wildman–Crippen LogP) is 4.35. The average Bonchev–Trinajstić information content (AvgIpc) is 3.05. The number of benzene rings is 1. The molecule has 1 aliphatic carbocycles. The van der Waals surface area contributed by atoms with Crippen LogP contribution in [-0.2, 0) is 20.6 Å². The third kappa shape index (κ3) is 2.53. The minimum absolute atomic E-state index is 0.133. The van der Waals surface area contributed by atoms with Crippen molar-refractivity contribution in [3.8, 4) is 0 Å². The Bertz CT molecular complexity index is 576. The zero-order valence-electron chi connectivity index (χ0n) is 15.2. The summed E-state index contributed by atoms with van der Waals surface area (Å²) in [6.45, 7) is 8.39. The maximum atomic E-state index is 6.74. The minimum atomic E-state index is -0.453. The molecule has 2 heterocycles. The van der Waals surface area contributed by atoms with Crippen LogP contribution in [-0.4, -0.2) is 31.2 Å². The number of fused-ring (bicyclic) bond motifs is 1. The lowest BCUT2D eigenvalue weighted by Crippen LogP contribution is -2.64. The van der Waals surface area contributed by atoms with Crippen LogP contribution in [0.25, 0.3) is 0 Å². The zero-order valence-corrected chi connectivity index (χ0v) is 15.2. The van der Waals surface area contributed by atoms with Crippen molar-refractivity contribution in [1.82, 2.24) is 0 Å². The summed E-state index contributed by atoms with van der Waals surface area (Å²) in [4.78, 5) is 0. The third-order valence-electron chi connectivity index (χ3n) is 6.72. The number of ether oxygens (including phenoxy) is 3. The van der Waals surface area contributed by atoms with Crippen molar-refractivity contribution >= 4 is 0 Å². The SMILES string of the molecule is CC1(C)[C@@H]2O[C@H](Cc3ccccc3)CC[C@@]2(C)CCC12OCCO2. The van der Waals surface area contributed by atoms with Gasteiger partial charge in [-0.05, 0) is 36.7 Å². The molecule has 1 spiro atoms. The number of rotatable bonds is 2. The van der Waals surface area contributed by atoms with Crippen LogP contribution in [0.1, 0.15) is 52.0 Å². The first kappa shape index (κ1) is 16.6. The van der Waals surface area contributed by atoms with E-state index in [1.165, 1.54) is 12.0 Å². The monoisotopic (exact) mass is 330 g/mol. The van der Waals surface area contributed by atoms with Gasteiger partial charge in [0.05, 0.1) is 25.4 Å². The van der Waals surface area contributed by atoms with E-state index in [-0.39, 0.29) is 16.9 Å². The van der Waals surface area contributed by atoms with Gasteiger partial charge in [-0.2, -0.15) is 0 Å². The van der Waals surface area contributed by atoms with Crippen LogP contribution in [0.15, 0.2) is 30.3 Å². The molecule has 24 heavy (non-hydrogen) atoms. The summed E-state index contributed by atoms with van der Waals surface area (Å²) in [6.07, 6.45) is 5.96. The second-order valence-corrected chi connectivity index (χ2v) is 8.69. The third-order valence-corrected chi connectivity index (χ3v) is 6.72. The lowest BCUT2D eigenvalue weighted by atomic mass is 9.56. The Kier molecular flexibility index (Phi) is 4.02. The van der Waals surface area contributed by atoms with E-state index < -0.39 is 5.79 Å². The highest BCUT2D eigenvalue weighted by molar-refractivity contribution is 5.16. The van der Waals surface area contributed by atoms with Gasteiger partial charge in [-0.15, -0.1) is 0 Å². The number of hydrogen-bond donors (Lipinski definition) is 0. The lowest BCUT2D eigenvalue weighted by Gasteiger charge is -2.60. The first-order chi connectivity index (χ1) is 11.5. The van der Waals surface area contributed by atoms with Crippen molar-refractivity contribution in [2.45, 2.75) is 70.9 Å². The molecular weight excluding hydrogens is 300 g/mol. The maximum absolute atomic E-state index is 6.74. The van der Waals surface area contributed by atoms with E-state index in [2.05, 4.69) is 51.1 Å². The summed E-state index contributed by atoms with van der Waals surface area (Å²) < 4.78 is 19.0. The summed E-state index contributed by atoms with van der Waals surface area (Å²) in [5, 5.41) is 0. The van der Waals surface area contributed by atoms with Crippen LogP contribution >= 0.6 is 0 Å². The van der Waals surface area contributed by atoms with Crippen LogP contribution in [0.4, 0.5) is 0 Å². The molecule has 3 atom stereocenters. The van der Waals surface area contributed by atoms with Gasteiger partial charge in [0.25, 0.3) is 0 Å². The quantitative estimate of drug-likeness (QED) is 0.807. The second kappa shape index (κ2) is 5.82. The van der Waals surface area contributed by atoms with Crippen molar-refractivity contribution in [1.29, 1.82) is 0 Å². The first-order valence-corrected chi connectivity index (χ1v) is 9.43. The second-order valence-electron chi connectivity index (χ2n) is 8.69. The van der Waals surface area contributed by atoms with Crippen molar-refractivity contribution in [3.63, 3.8) is 0 Å². The Morgan fingerprint density at radius 2 is 1.67 bits per heavy atom. The molecule has 0 aromatic heterocycles. The molecule has 3 aliphatic rings. The molecule has 3 fully saturated rings. The molecule has 0 bridgehead atoms. The van der Waals surface area contributed by atoms with E-state index >= 15 is 0 Å². The lowest BCUT2D eigenvalue weighted by molar-refractivity contribution is -0.321. The van der Waals surface area contributed by atoms with E-state index in [1.807, 2.05) is 0 Å². The van der Waals surface area contributed by atoms with Crippen LogP contribution < -0.4 is 0 Å². The molecule has 0 N–H and O–H groups in total. The highest BCUT2D eigenvalue weighted by Gasteiger charge is 2.63. The van der Waals surface area contributed by atoms with Gasteiger partial charge < -0.3 is 14.2 Å². The van der Waals surface area contributed by atoms with E-state index in [0.29, 0.717) is 19.3 Å². The van der Waals surface area contributed by atoms with Gasteiger partial charge in [0.1, 0.15) is 0 Å².